The molecule has 8 aromatic rings. The van der Waals surface area contributed by atoms with E-state index in [4.69, 9.17) is 17.3 Å². The Morgan fingerprint density at radius 3 is 1.96 bits per heavy atom. The molecule has 2 heterocycles. The molecular formula is C62H68N3OPt-. The molecule has 0 aliphatic heterocycles. The third-order valence-corrected chi connectivity index (χ3v) is 14.1. The van der Waals surface area contributed by atoms with E-state index in [1.54, 1.807) is 17.6 Å². The van der Waals surface area contributed by atoms with Gasteiger partial charge in [0.2, 0.25) is 0 Å². The number of para-hydroxylation sites is 1. The molecule has 67 heavy (non-hydrogen) atoms. The fourth-order valence-electron chi connectivity index (χ4n) is 9.17. The molecule has 0 aliphatic rings. The van der Waals surface area contributed by atoms with Gasteiger partial charge in [-0.25, -0.2) is 4.98 Å². The third-order valence-electron chi connectivity index (χ3n) is 14.1. The van der Waals surface area contributed by atoms with Crippen molar-refractivity contribution < 1.29 is 44.0 Å². The third kappa shape index (κ3) is 9.24. The van der Waals surface area contributed by atoms with Crippen LogP contribution in [0.15, 0.2) is 121 Å². The van der Waals surface area contributed by atoms with Gasteiger partial charge in [-0.15, -0.1) is 29.3 Å². The van der Waals surface area contributed by atoms with Crippen LogP contribution in [0, 0.1) is 33.6 Å². The summed E-state index contributed by atoms with van der Waals surface area (Å²) >= 11 is 0. The van der Waals surface area contributed by atoms with Gasteiger partial charge in [0, 0.05) is 41.2 Å². The van der Waals surface area contributed by atoms with E-state index < -0.39 is 78.2 Å². The molecule has 0 fully saturated rings. The zero-order valence-electron chi connectivity index (χ0n) is 53.4. The van der Waals surface area contributed by atoms with Crippen molar-refractivity contribution in [1.82, 2.24) is 14.5 Å². The van der Waals surface area contributed by atoms with Crippen molar-refractivity contribution >= 4 is 11.0 Å². The summed E-state index contributed by atoms with van der Waals surface area (Å²) in [5, 5.41) is 12.0. The van der Waals surface area contributed by atoms with Gasteiger partial charge in [-0.3, -0.25) is 9.55 Å². The molecule has 0 spiro atoms. The van der Waals surface area contributed by atoms with Crippen LogP contribution in [0.25, 0.3) is 72.7 Å². The Balaban J connectivity index is 0.00000924. The molecule has 348 valence electrons. The van der Waals surface area contributed by atoms with Crippen LogP contribution in [0.4, 0.5) is 0 Å². The van der Waals surface area contributed by atoms with E-state index in [1.807, 2.05) is 82.3 Å². The predicted molar refractivity (Wildman–Crippen MR) is 280 cm³/mol. The van der Waals surface area contributed by atoms with Crippen LogP contribution in [0.2, 0.25) is 0 Å². The molecule has 0 saturated carbocycles. The number of benzene rings is 6. The van der Waals surface area contributed by atoms with Crippen molar-refractivity contribution in [2.45, 2.75) is 132 Å². The molecule has 5 heteroatoms. The molecule has 4 nitrogen and oxygen atoms in total. The summed E-state index contributed by atoms with van der Waals surface area (Å²) < 4.78 is 116. The Hall–Kier alpha value is -5.57. The fraction of sp³-hybridized carbons (Fsp3) is 0.323. The van der Waals surface area contributed by atoms with Gasteiger partial charge in [0.15, 0.2) is 0 Å². The van der Waals surface area contributed by atoms with Gasteiger partial charge in [0.05, 0.1) is 31.9 Å². The monoisotopic (exact) mass is 1080 g/mol. The van der Waals surface area contributed by atoms with Crippen molar-refractivity contribution in [2.24, 2.45) is 0 Å². The summed E-state index contributed by atoms with van der Waals surface area (Å²) in [7, 11) is 0. The first kappa shape index (κ1) is 34.7. The quantitative estimate of drug-likeness (QED) is 0.124. The Kier molecular flexibility index (Phi) is 9.94. The minimum Gasteiger partial charge on any atom is -0.507 e. The number of aromatic hydroxyl groups is 1. The SMILES string of the molecule is [2H]c1nc(-c2[c-]c(-c3cccc4c3nc(-c3cc(C)cc(C)c3O)n4-c3ccc(-c4c(C(C)(CC)CC)cccc4C(C)(CC)CC)cc3C([2H])([2H])[2H])cc(C(C)(C)C)c2)c([2H])c(-c2c([2H])c([2H])c(C([2H])([2H])[2H])c([2H])c2[2H])c1[2H].[Pt]. The Morgan fingerprint density at radius 2 is 1.33 bits per heavy atom. The van der Waals surface area contributed by atoms with E-state index in [2.05, 4.69) is 70.8 Å². The fourth-order valence-corrected chi connectivity index (χ4v) is 9.17. The van der Waals surface area contributed by atoms with E-state index in [9.17, 15) is 10.6 Å². The maximum atomic E-state index is 12.0. The second-order valence-electron chi connectivity index (χ2n) is 19.3. The number of fused-ring (bicyclic) bond motifs is 1. The number of pyridine rings is 1. The van der Waals surface area contributed by atoms with Crippen LogP contribution in [0.1, 0.15) is 145 Å². The number of hydrogen-bond donors (Lipinski definition) is 1. The van der Waals surface area contributed by atoms with Crippen LogP contribution < -0.4 is 0 Å². The van der Waals surface area contributed by atoms with E-state index in [0.29, 0.717) is 39.0 Å². The Bertz CT molecular complexity index is 3670. The maximum absolute atomic E-state index is 12.0. The van der Waals surface area contributed by atoms with Crippen LogP contribution in [-0.4, -0.2) is 19.6 Å². The first-order chi connectivity index (χ1) is 36.8. The number of aryl methyl sites for hydroxylation is 3. The van der Waals surface area contributed by atoms with Crippen molar-refractivity contribution in [3.8, 4) is 67.5 Å². The first-order valence-electron chi connectivity index (χ1n) is 29.6. The maximum Gasteiger partial charge on any atom is 0.148 e. The number of hydrogen-bond acceptors (Lipinski definition) is 3. The largest absolute Gasteiger partial charge is 0.507 e. The number of imidazole rings is 1. The first-order valence-corrected chi connectivity index (χ1v) is 23.1. The molecule has 0 saturated heterocycles. The van der Waals surface area contributed by atoms with Gasteiger partial charge in [-0.05, 0) is 150 Å². The van der Waals surface area contributed by atoms with Crippen molar-refractivity contribution in [3.63, 3.8) is 0 Å². The number of phenolic OH excluding ortho intramolecular Hbond substituents is 1. The molecule has 6 aromatic carbocycles. The van der Waals surface area contributed by atoms with Crippen LogP contribution in [0.3, 0.4) is 0 Å². The molecule has 0 unspecified atom stereocenters. The number of nitrogens with zero attached hydrogens (tertiary/aromatic N) is 3. The smallest absolute Gasteiger partial charge is 0.148 e. The van der Waals surface area contributed by atoms with Gasteiger partial charge in [0.1, 0.15) is 11.6 Å². The van der Waals surface area contributed by atoms with E-state index in [1.165, 1.54) is 0 Å². The van der Waals surface area contributed by atoms with E-state index >= 15 is 0 Å². The van der Waals surface area contributed by atoms with Crippen LogP contribution in [0.5, 0.6) is 5.75 Å². The molecule has 2 aromatic heterocycles. The molecular weight excluding hydrogens is 998 g/mol. The van der Waals surface area contributed by atoms with Crippen LogP contribution >= 0.6 is 0 Å². The van der Waals surface area contributed by atoms with Gasteiger partial charge >= 0.3 is 0 Å². The van der Waals surface area contributed by atoms with Gasteiger partial charge in [0.25, 0.3) is 0 Å². The average Bonchev–Trinajstić information content (AvgIpc) is 3.79. The molecule has 0 bridgehead atoms. The summed E-state index contributed by atoms with van der Waals surface area (Å²) in [6.45, 7) is 17.4. The standard InChI is InChI=1S/C62H68N3O.Pt/c1-14-61(12,15-2)51-21-19-22-52(62(13,16-3)17-4)56(51)45-28-29-54(41(7)34-45)65-55-23-18-20-49(57(55)64-59(65)50-33-40(6)32-42(8)58(50)66)46-35-47(37-48(36-46)60(9,10)11)53-38-44(30-31-63-53)43-26-24-39(5)25-27-43;/h18-34,36-38,66H,14-17H2,1-13H3;/q-1;/i5D3,7D3,24D,25D,26D,27D,30D,31D,38D;. The molecule has 0 aliphatic carbocycles. The number of aromatic nitrogens is 3. The Labute approximate surface area is 433 Å². The van der Waals surface area contributed by atoms with Gasteiger partial charge in [-0.2, -0.15) is 0 Å². The second kappa shape index (κ2) is 19.2. The normalized spacial score (nSPS) is 15.3. The van der Waals surface area contributed by atoms with Crippen molar-refractivity contribution in [1.29, 1.82) is 0 Å². The molecule has 8 rings (SSSR count). The summed E-state index contributed by atoms with van der Waals surface area (Å²) in [5.74, 6) is 0.250. The zero-order chi connectivity index (χ0) is 58.4. The van der Waals surface area contributed by atoms with Crippen molar-refractivity contribution in [2.75, 3.05) is 0 Å². The summed E-state index contributed by atoms with van der Waals surface area (Å²) in [5.41, 5.74) is 6.36. The minimum atomic E-state index is -3.00. The summed E-state index contributed by atoms with van der Waals surface area (Å²) in [6, 6.07) is 24.1. The topological polar surface area (TPSA) is 50.9 Å². The predicted octanol–water partition coefficient (Wildman–Crippen LogP) is 16.9. The van der Waals surface area contributed by atoms with E-state index in [-0.39, 0.29) is 60.3 Å². The van der Waals surface area contributed by atoms with E-state index in [0.717, 1.165) is 59.1 Å². The molecule has 0 amide bonds. The number of rotatable bonds is 12. The molecule has 1 N–H and O–H groups in total. The minimum absolute atomic E-state index is 0. The van der Waals surface area contributed by atoms with Crippen LogP contribution in [-0.2, 0) is 37.3 Å². The second-order valence-corrected chi connectivity index (χ2v) is 19.3. The zero-order valence-corrected chi connectivity index (χ0v) is 42.7. The van der Waals surface area contributed by atoms with Crippen molar-refractivity contribution in [3.05, 3.63) is 166 Å². The molecule has 0 radical (unpaired) electrons. The number of phenols is 1. The average molecular weight is 1080 g/mol. The van der Waals surface area contributed by atoms with Gasteiger partial charge < -0.3 is 5.11 Å². The molecule has 0 atom stereocenters. The summed E-state index contributed by atoms with van der Waals surface area (Å²) in [4.78, 5) is 9.75. The summed E-state index contributed by atoms with van der Waals surface area (Å²) in [6.07, 6.45) is 2.87. The Morgan fingerprint density at radius 1 is 0.672 bits per heavy atom. The van der Waals surface area contributed by atoms with Gasteiger partial charge in [-0.1, -0.05) is 152 Å².